The molecular formula is C35H32N8O15S4. The number of nitrogens with one attached hydrogen (secondary N) is 3. The van der Waals surface area contributed by atoms with Crippen molar-refractivity contribution in [2.75, 3.05) is 29.1 Å². The molecule has 0 fully saturated rings. The number of allylic oxidation sites excluding steroid dienone is 4. The van der Waals surface area contributed by atoms with Crippen LogP contribution in [0.15, 0.2) is 138 Å². The summed E-state index contributed by atoms with van der Waals surface area (Å²) in [6.45, 7) is 4.20. The van der Waals surface area contributed by atoms with Crippen LogP contribution in [0, 0.1) is 11.8 Å². The van der Waals surface area contributed by atoms with Gasteiger partial charge in [0.15, 0.2) is 0 Å². The summed E-state index contributed by atoms with van der Waals surface area (Å²) in [6, 6.07) is 13.2. The number of hydrogen-bond acceptors (Lipinski definition) is 19. The molecule has 2 aliphatic carbocycles. The zero-order chi connectivity index (χ0) is 45.4. The minimum absolute atomic E-state index is 0.00707. The Kier molecular flexibility index (Phi) is 12.5. The van der Waals surface area contributed by atoms with Crippen LogP contribution in [0.3, 0.4) is 0 Å². The van der Waals surface area contributed by atoms with Crippen molar-refractivity contribution in [2.24, 2.45) is 22.1 Å². The molecule has 0 saturated carbocycles. The number of carbonyl (C=O) groups excluding carboxylic acids is 1. The second kappa shape index (κ2) is 17.1. The third kappa shape index (κ3) is 10.0. The lowest BCUT2D eigenvalue weighted by molar-refractivity contribution is -0.137. The predicted octanol–water partition coefficient (Wildman–Crippen LogP) is 4.45. The van der Waals surface area contributed by atoms with Crippen LogP contribution in [0.1, 0.15) is 6.92 Å². The SMILES string of the molecule is C=CC(=O)OCCNc1nc(NC2=CC(S(=O)(=O)O)=CC3C2=C(O)C(N=Nc2ccc4ccccc4c2S(=O)(=O)O)=C(S(=O)(=O)O)C3C)nc(Nc2ccc(S(=O)(=O)O)cc2)n1. The van der Waals surface area contributed by atoms with Gasteiger partial charge in [-0.3, -0.25) is 18.2 Å². The minimum Gasteiger partial charge on any atom is -0.505 e. The highest BCUT2D eigenvalue weighted by Gasteiger charge is 2.44. The Morgan fingerprint density at radius 3 is 2.06 bits per heavy atom. The van der Waals surface area contributed by atoms with Gasteiger partial charge in [-0.1, -0.05) is 49.9 Å². The smallest absolute Gasteiger partial charge is 0.330 e. The van der Waals surface area contributed by atoms with Gasteiger partial charge in [0.1, 0.15) is 33.6 Å². The highest BCUT2D eigenvalue weighted by atomic mass is 32.2. The summed E-state index contributed by atoms with van der Waals surface area (Å²) in [6.07, 6.45) is 2.64. The van der Waals surface area contributed by atoms with Gasteiger partial charge >= 0.3 is 5.97 Å². The fourth-order valence-electron chi connectivity index (χ4n) is 6.31. The van der Waals surface area contributed by atoms with E-state index >= 15 is 0 Å². The highest BCUT2D eigenvalue weighted by molar-refractivity contribution is 7.90. The maximum absolute atomic E-state index is 12.9. The quantitative estimate of drug-likeness (QED) is 0.0268. The average Bonchev–Trinajstić information content (AvgIpc) is 3.18. The van der Waals surface area contributed by atoms with E-state index in [1.165, 1.54) is 43.3 Å². The van der Waals surface area contributed by atoms with Crippen LogP contribution in [0.25, 0.3) is 10.8 Å². The maximum Gasteiger partial charge on any atom is 0.330 e. The maximum atomic E-state index is 12.9. The molecule has 6 rings (SSSR count). The number of fused-ring (bicyclic) bond motifs is 2. The number of hydrogen-bond donors (Lipinski definition) is 8. The summed E-state index contributed by atoms with van der Waals surface area (Å²) < 4.78 is 144. The van der Waals surface area contributed by atoms with Gasteiger partial charge in [-0.15, -0.1) is 10.2 Å². The first-order valence-electron chi connectivity index (χ1n) is 17.3. The molecule has 1 heterocycles. The van der Waals surface area contributed by atoms with E-state index in [9.17, 15) is 61.8 Å². The molecule has 326 valence electrons. The van der Waals surface area contributed by atoms with Gasteiger partial charge in [0.05, 0.1) is 16.3 Å². The molecule has 8 N–H and O–H groups in total. The summed E-state index contributed by atoms with van der Waals surface area (Å²) in [4.78, 5) is 21.3. The first kappa shape index (κ1) is 45.1. The van der Waals surface area contributed by atoms with Crippen LogP contribution in [0.4, 0.5) is 29.2 Å². The van der Waals surface area contributed by atoms with Gasteiger partial charge in [-0.05, 0) is 41.8 Å². The molecule has 0 bridgehead atoms. The van der Waals surface area contributed by atoms with Crippen molar-refractivity contribution in [3.8, 4) is 0 Å². The molecule has 23 nitrogen and oxygen atoms in total. The van der Waals surface area contributed by atoms with E-state index in [1.807, 2.05) is 0 Å². The Labute approximate surface area is 352 Å². The van der Waals surface area contributed by atoms with Gasteiger partial charge in [-0.2, -0.15) is 48.6 Å². The van der Waals surface area contributed by atoms with Crippen molar-refractivity contribution in [1.82, 2.24) is 15.0 Å². The molecule has 0 saturated heterocycles. The van der Waals surface area contributed by atoms with Gasteiger partial charge in [-0.25, -0.2) is 4.79 Å². The lowest BCUT2D eigenvalue weighted by Crippen LogP contribution is -2.31. The van der Waals surface area contributed by atoms with Crippen LogP contribution in [0.2, 0.25) is 0 Å². The van der Waals surface area contributed by atoms with Gasteiger partial charge in [0.2, 0.25) is 17.8 Å². The minimum atomic E-state index is -5.34. The molecular weight excluding hydrogens is 901 g/mol. The third-order valence-electron chi connectivity index (χ3n) is 8.96. The third-order valence-corrected chi connectivity index (χ3v) is 12.7. The van der Waals surface area contributed by atoms with Crippen molar-refractivity contribution >= 4 is 86.4 Å². The molecule has 0 amide bonds. The van der Waals surface area contributed by atoms with Gasteiger partial charge < -0.3 is 25.8 Å². The van der Waals surface area contributed by atoms with E-state index < -0.39 is 107 Å². The number of carbonyl (C=O) groups is 1. The molecule has 0 spiro atoms. The van der Waals surface area contributed by atoms with Crippen molar-refractivity contribution < 1.29 is 66.5 Å². The van der Waals surface area contributed by atoms with Crippen molar-refractivity contribution in [2.45, 2.75) is 16.7 Å². The summed E-state index contributed by atoms with van der Waals surface area (Å²) in [7, 11) is -20.0. The monoisotopic (exact) mass is 932 g/mol. The fraction of sp³-hybridized carbons (Fsp3) is 0.143. The van der Waals surface area contributed by atoms with Crippen LogP contribution in [-0.4, -0.2) is 91.1 Å². The Bertz CT molecular complexity index is 3150. The topological polar surface area (TPSA) is 363 Å². The molecule has 0 aliphatic heterocycles. The molecule has 3 aromatic carbocycles. The van der Waals surface area contributed by atoms with Crippen LogP contribution < -0.4 is 16.0 Å². The predicted molar refractivity (Wildman–Crippen MR) is 220 cm³/mol. The number of aromatic nitrogens is 3. The Balaban J connectivity index is 1.49. The molecule has 2 atom stereocenters. The van der Waals surface area contributed by atoms with Crippen LogP contribution >= 0.6 is 0 Å². The second-order valence-electron chi connectivity index (χ2n) is 13.0. The number of benzene rings is 3. The van der Waals surface area contributed by atoms with Crippen LogP contribution in [-0.2, 0) is 50.0 Å². The zero-order valence-corrected chi connectivity index (χ0v) is 34.7. The van der Waals surface area contributed by atoms with E-state index in [-0.39, 0.29) is 41.7 Å². The van der Waals surface area contributed by atoms with E-state index in [0.717, 1.165) is 36.4 Å². The van der Waals surface area contributed by atoms with Gasteiger partial charge in [0, 0.05) is 40.3 Å². The highest BCUT2D eigenvalue weighted by Crippen LogP contribution is 2.47. The molecule has 2 unspecified atom stereocenters. The van der Waals surface area contributed by atoms with Crippen molar-refractivity contribution in [1.29, 1.82) is 0 Å². The second-order valence-corrected chi connectivity index (χ2v) is 18.6. The number of aliphatic hydroxyl groups is 1. The Morgan fingerprint density at radius 2 is 1.45 bits per heavy atom. The fourth-order valence-corrected chi connectivity index (χ4v) is 9.21. The molecule has 2 aliphatic rings. The lowest BCUT2D eigenvalue weighted by Gasteiger charge is -2.34. The number of ether oxygens (including phenoxy) is 1. The number of nitrogens with zero attached hydrogens (tertiary/aromatic N) is 5. The van der Waals surface area contributed by atoms with Crippen LogP contribution in [0.5, 0.6) is 0 Å². The molecule has 0 radical (unpaired) electrons. The van der Waals surface area contributed by atoms with E-state index in [4.69, 9.17) is 4.74 Å². The summed E-state index contributed by atoms with van der Waals surface area (Å²) in [5, 5.41) is 28.2. The average molecular weight is 933 g/mol. The number of aliphatic hydroxyl groups excluding tert-OH is 1. The molecule has 4 aromatic rings. The molecule has 1 aromatic heterocycles. The van der Waals surface area contributed by atoms with E-state index in [0.29, 0.717) is 5.39 Å². The number of anilines is 4. The van der Waals surface area contributed by atoms with E-state index in [1.54, 1.807) is 6.07 Å². The Morgan fingerprint density at radius 1 is 0.806 bits per heavy atom. The Hall–Kier alpha value is -6.46. The standard InChI is InChI=1S/C35H32N8O15S4/c1-3-27(44)58-15-14-36-33-39-34(37-20-9-11-21(12-10-20)59(46,47)48)41-35(40-33)38-26-17-22(60(49,50)51)16-24-18(2)31(61(52,53)54)29(30(45)28(24)26)43-42-25-13-8-19-6-4-5-7-23(19)32(25)62(55,56)57/h3-13,16-18,24,45H,1,14-15H2,2H3,(H,46,47,48)(H,49,50,51)(H,52,53,54)(H,55,56,57)(H3,36,37,38,39,40,41). The van der Waals surface area contributed by atoms with Crippen molar-refractivity contribution in [3.63, 3.8) is 0 Å². The van der Waals surface area contributed by atoms with Gasteiger partial charge in [0.25, 0.3) is 40.5 Å². The number of rotatable bonds is 15. The van der Waals surface area contributed by atoms with Crippen molar-refractivity contribution in [3.05, 3.63) is 118 Å². The molecule has 27 heteroatoms. The normalized spacial score (nSPS) is 17.3. The first-order chi connectivity index (χ1) is 28.9. The number of azo groups is 1. The largest absolute Gasteiger partial charge is 0.505 e. The number of esters is 1. The summed E-state index contributed by atoms with van der Waals surface area (Å²) >= 11 is 0. The lowest BCUT2D eigenvalue weighted by atomic mass is 9.77. The van der Waals surface area contributed by atoms with E-state index in [2.05, 4.69) is 47.7 Å². The summed E-state index contributed by atoms with van der Waals surface area (Å²) in [5.41, 5.74) is -1.98. The molecule has 62 heavy (non-hydrogen) atoms. The zero-order valence-electron chi connectivity index (χ0n) is 31.5. The summed E-state index contributed by atoms with van der Waals surface area (Å²) in [5.74, 6) is -5.69. The first-order valence-corrected chi connectivity index (χ1v) is 23.1.